The molecule has 9 rings (SSSR count). The van der Waals surface area contributed by atoms with Crippen LogP contribution in [-0.2, 0) is 39.3 Å². The zero-order valence-electron chi connectivity index (χ0n) is 55.9. The van der Waals surface area contributed by atoms with Crippen LogP contribution in [0.2, 0.25) is 0 Å². The van der Waals surface area contributed by atoms with Gasteiger partial charge in [0.25, 0.3) is 0 Å². The molecule has 2 aliphatic carbocycles. The maximum Gasteiger partial charge on any atom is 0.647 e. The monoisotopic (exact) mass is 1170 g/mol. The lowest BCUT2D eigenvalue weighted by Crippen LogP contribution is -2.42. The number of carbonyl (C=O) groups excluding carboxylic acids is 3. The molecule has 1 saturated heterocycles. The fraction of sp³-hybridized carbons (Fsp3) is 0.527. The summed E-state index contributed by atoms with van der Waals surface area (Å²) in [6.07, 6.45) is 7.42. The number of allylic oxidation sites excluding steroid dienone is 4. The van der Waals surface area contributed by atoms with Crippen molar-refractivity contribution in [1.82, 2.24) is 0 Å². The lowest BCUT2D eigenvalue weighted by molar-refractivity contribution is -0.147. The number of phosphoric ester groups is 1. The van der Waals surface area contributed by atoms with Crippen molar-refractivity contribution in [3.8, 4) is 23.0 Å². The number of hydrogen-bond acceptors (Lipinski definition) is 10. The number of ether oxygens (including phenoxy) is 3. The van der Waals surface area contributed by atoms with Crippen LogP contribution in [0.15, 0.2) is 94.8 Å². The van der Waals surface area contributed by atoms with Gasteiger partial charge in [0.2, 0.25) is 0 Å². The minimum Gasteiger partial charge on any atom is -0.454 e. The Labute approximate surface area is 508 Å². The van der Waals surface area contributed by atoms with Crippen molar-refractivity contribution in [2.45, 2.75) is 221 Å². The molecule has 0 radical (unpaired) electrons. The molecule has 456 valence electrons. The van der Waals surface area contributed by atoms with E-state index in [2.05, 4.69) is 162 Å². The molecule has 0 aromatic heterocycles. The molecule has 0 amide bonds. The van der Waals surface area contributed by atoms with Crippen molar-refractivity contribution in [3.63, 3.8) is 0 Å². The lowest BCUT2D eigenvalue weighted by atomic mass is 9.59. The van der Waals surface area contributed by atoms with Gasteiger partial charge in [-0.2, -0.15) is 4.57 Å². The molecule has 0 spiro atoms. The van der Waals surface area contributed by atoms with Gasteiger partial charge in [0.05, 0.1) is 5.92 Å². The Morgan fingerprint density at radius 2 is 0.988 bits per heavy atom. The van der Waals surface area contributed by atoms with Gasteiger partial charge < -0.3 is 27.8 Å². The predicted octanol–water partition coefficient (Wildman–Crippen LogP) is 19.1. The van der Waals surface area contributed by atoms with Crippen LogP contribution in [0.1, 0.15) is 229 Å². The van der Waals surface area contributed by atoms with E-state index in [4.69, 9.17) is 27.8 Å². The van der Waals surface area contributed by atoms with Gasteiger partial charge in [-0.3, -0.25) is 14.4 Å². The van der Waals surface area contributed by atoms with Crippen LogP contribution < -0.4 is 18.3 Å². The fourth-order valence-electron chi connectivity index (χ4n) is 13.6. The van der Waals surface area contributed by atoms with Gasteiger partial charge in [-0.1, -0.05) is 198 Å². The molecule has 0 N–H and O–H groups in total. The second-order valence-electron chi connectivity index (χ2n) is 32.0. The molecule has 1 fully saturated rings. The maximum atomic E-state index is 16.3. The first-order chi connectivity index (χ1) is 38.7. The summed E-state index contributed by atoms with van der Waals surface area (Å²) in [7, 11) is -4.79. The van der Waals surface area contributed by atoms with Crippen LogP contribution >= 0.6 is 7.82 Å². The van der Waals surface area contributed by atoms with Crippen LogP contribution in [0.3, 0.4) is 0 Å². The minimum absolute atomic E-state index is 0.128. The molecular formula is C74H95O10P. The van der Waals surface area contributed by atoms with Crippen LogP contribution in [0.4, 0.5) is 0 Å². The molecule has 3 heterocycles. The normalized spacial score (nSPS) is 24.4. The van der Waals surface area contributed by atoms with Crippen molar-refractivity contribution in [1.29, 1.82) is 0 Å². The second kappa shape index (κ2) is 20.5. The van der Waals surface area contributed by atoms with Crippen LogP contribution in [0, 0.1) is 74.5 Å². The zero-order valence-corrected chi connectivity index (χ0v) is 56.8. The minimum atomic E-state index is -4.79. The number of fused-ring (bicyclic) bond motifs is 2. The van der Waals surface area contributed by atoms with Crippen molar-refractivity contribution >= 4 is 25.7 Å². The molecule has 4 aromatic rings. The average molecular weight is 1180 g/mol. The van der Waals surface area contributed by atoms with Crippen molar-refractivity contribution in [2.75, 3.05) is 0 Å². The third kappa shape index (κ3) is 11.3. The Kier molecular flexibility index (Phi) is 15.3. The highest BCUT2D eigenvalue weighted by molar-refractivity contribution is 7.49. The van der Waals surface area contributed by atoms with E-state index >= 15 is 4.57 Å². The third-order valence-electron chi connectivity index (χ3n) is 18.9. The quantitative estimate of drug-likeness (QED) is 0.0909. The molecule has 0 saturated carbocycles. The van der Waals surface area contributed by atoms with Gasteiger partial charge in [0.1, 0.15) is 46.2 Å². The molecule has 4 aromatic carbocycles. The van der Waals surface area contributed by atoms with E-state index in [1.54, 1.807) is 0 Å². The van der Waals surface area contributed by atoms with E-state index in [-0.39, 0.29) is 79.0 Å². The Morgan fingerprint density at radius 3 is 1.41 bits per heavy atom. The molecule has 0 bridgehead atoms. The van der Waals surface area contributed by atoms with E-state index in [1.807, 2.05) is 84.9 Å². The summed E-state index contributed by atoms with van der Waals surface area (Å²) in [4.78, 5) is 42.9. The topological polar surface area (TPSA) is 124 Å². The van der Waals surface area contributed by atoms with E-state index in [9.17, 15) is 14.4 Å². The summed E-state index contributed by atoms with van der Waals surface area (Å²) < 4.78 is 55.6. The Hall–Kier alpha value is -6.12. The Bertz CT molecular complexity index is 3620. The molecule has 11 heteroatoms. The smallest absolute Gasteiger partial charge is 0.454 e. The number of carbonyl (C=O) groups is 3. The first-order valence-electron chi connectivity index (χ1n) is 30.5. The van der Waals surface area contributed by atoms with Gasteiger partial charge in [0, 0.05) is 17.0 Å². The number of rotatable bonds is 9. The SMILES string of the molecule is Cc1cc(C2C(=O)OC3=C2CC(C)(C(C)(C)C)C=C3C(C)(C)C)cc(C)c1OP(=O)(Oc1c(C)cc(C2C(=O)Oc3c2cc(C(C)(C)C)cc3C(C)(C)C)cc1C)Oc1c(C)cc(C2C(=O)OC3(C)C(C(C)(C)C)=CC(C(C)(C)C)=CC23)cc1C. The van der Waals surface area contributed by atoms with Crippen LogP contribution in [-0.4, -0.2) is 23.5 Å². The molecule has 10 nitrogen and oxygen atoms in total. The van der Waals surface area contributed by atoms with E-state index in [1.165, 1.54) is 0 Å². The number of phosphoric acid groups is 1. The molecule has 85 heavy (non-hydrogen) atoms. The summed E-state index contributed by atoms with van der Waals surface area (Å²) >= 11 is 0. The van der Waals surface area contributed by atoms with E-state index in [0.29, 0.717) is 56.9 Å². The maximum absolute atomic E-state index is 16.3. The van der Waals surface area contributed by atoms with Gasteiger partial charge in [-0.25, -0.2) is 0 Å². The predicted molar refractivity (Wildman–Crippen MR) is 340 cm³/mol. The van der Waals surface area contributed by atoms with Gasteiger partial charge in [0.15, 0.2) is 0 Å². The number of hydrogen-bond donors (Lipinski definition) is 0. The lowest BCUT2D eigenvalue weighted by Gasteiger charge is -2.45. The summed E-state index contributed by atoms with van der Waals surface area (Å²) in [5.41, 5.74) is 10.4. The fourth-order valence-corrected chi connectivity index (χ4v) is 15.2. The van der Waals surface area contributed by atoms with Crippen LogP contribution in [0.5, 0.6) is 23.0 Å². The number of benzene rings is 4. The first kappa shape index (κ1) is 63.4. The van der Waals surface area contributed by atoms with Crippen molar-refractivity contribution in [3.05, 3.63) is 162 Å². The summed E-state index contributed by atoms with van der Waals surface area (Å²) in [5.74, 6) is -1.26. The molecule has 5 aliphatic rings. The highest BCUT2D eigenvalue weighted by atomic mass is 31.2. The van der Waals surface area contributed by atoms with Crippen molar-refractivity contribution < 1.29 is 46.7 Å². The first-order valence-corrected chi connectivity index (χ1v) is 31.9. The molecule has 7 atom stereocenters. The highest BCUT2D eigenvalue weighted by Gasteiger charge is 2.58. The number of aryl methyl sites for hydroxylation is 6. The Morgan fingerprint density at radius 1 is 0.529 bits per heavy atom. The molecule has 7 unspecified atom stereocenters. The van der Waals surface area contributed by atoms with Gasteiger partial charge in [-0.05, 0) is 171 Å². The number of esters is 3. The summed E-state index contributed by atoms with van der Waals surface area (Å²) in [6.45, 7) is 54.7. The third-order valence-corrected chi connectivity index (χ3v) is 20.1. The highest BCUT2D eigenvalue weighted by Crippen LogP contribution is 2.61. The molecular weight excluding hydrogens is 1080 g/mol. The summed E-state index contributed by atoms with van der Waals surface area (Å²) in [5, 5.41) is 0. The van der Waals surface area contributed by atoms with Gasteiger partial charge >= 0.3 is 25.7 Å². The Balaban J connectivity index is 1.14. The van der Waals surface area contributed by atoms with E-state index < -0.39 is 31.2 Å². The van der Waals surface area contributed by atoms with Crippen LogP contribution in [0.25, 0.3) is 0 Å². The van der Waals surface area contributed by atoms with E-state index in [0.717, 1.165) is 50.1 Å². The second-order valence-corrected chi connectivity index (χ2v) is 33.5. The summed E-state index contributed by atoms with van der Waals surface area (Å²) in [6, 6.07) is 15.7. The van der Waals surface area contributed by atoms with Crippen molar-refractivity contribution in [2.24, 2.45) is 33.0 Å². The van der Waals surface area contributed by atoms with Gasteiger partial charge in [-0.15, -0.1) is 0 Å². The standard InChI is InChI=1S/C74H95O10P/c1-39-27-45(56-50-33-48(67(7,8)9)35-53(69(13,14)15)62(50)79-64(56)75)28-40(2)59(39)82-85(78,83-60-41(3)29-46(30-42(60)4)57-51-37-73(25,72(22,23)24)38-54(70(16,17)18)63(51)80-65(57)76)84-61-43(5)31-47(32-44(61)6)58-52-34-49(68(10,11)12)36-55(71(19,20)21)74(52,26)81-66(58)77/h27-36,38,52,56-58H,37H2,1-26H3. The average Bonchev–Trinajstić information content (AvgIpc) is 1.79. The molecule has 3 aliphatic heterocycles. The largest absolute Gasteiger partial charge is 0.647 e. The zero-order chi connectivity index (χ0) is 63.4.